The van der Waals surface area contributed by atoms with Crippen molar-refractivity contribution >= 4 is 8.38 Å². The normalized spacial score (nSPS) is 11.1. The molecule has 0 aliphatic rings. The summed E-state index contributed by atoms with van der Waals surface area (Å²) in [5.41, 5.74) is 0. The van der Waals surface area contributed by atoms with Gasteiger partial charge in [-0.15, -0.1) is 0 Å². The van der Waals surface area contributed by atoms with Gasteiger partial charge in [-0.3, -0.25) is 0 Å². The second-order valence-corrected chi connectivity index (χ2v) is 3.06. The standard InChI is InChI=1S/C4H11O2P/c1-4(2)3-7(5)6/h4-6H,3H2,1-2H3. The summed E-state index contributed by atoms with van der Waals surface area (Å²) in [4.78, 5) is 16.7. The lowest BCUT2D eigenvalue weighted by Crippen LogP contribution is -1.91. The van der Waals surface area contributed by atoms with Gasteiger partial charge in [0.2, 0.25) is 0 Å². The maximum absolute atomic E-state index is 8.34. The van der Waals surface area contributed by atoms with Crippen LogP contribution in [0.1, 0.15) is 13.8 Å². The first-order valence-corrected chi connectivity index (χ1v) is 3.71. The highest BCUT2D eigenvalue weighted by Gasteiger charge is 2.00. The molecule has 0 saturated heterocycles. The van der Waals surface area contributed by atoms with Crippen molar-refractivity contribution < 1.29 is 9.79 Å². The van der Waals surface area contributed by atoms with Crippen molar-refractivity contribution in [2.45, 2.75) is 13.8 Å². The van der Waals surface area contributed by atoms with Crippen LogP contribution in [0.2, 0.25) is 0 Å². The predicted molar refractivity (Wildman–Crippen MR) is 31.1 cm³/mol. The van der Waals surface area contributed by atoms with Crippen LogP contribution in [-0.4, -0.2) is 15.9 Å². The Morgan fingerprint density at radius 1 is 1.43 bits per heavy atom. The van der Waals surface area contributed by atoms with Gasteiger partial charge >= 0.3 is 0 Å². The van der Waals surface area contributed by atoms with E-state index in [9.17, 15) is 0 Å². The van der Waals surface area contributed by atoms with Crippen LogP contribution in [0.25, 0.3) is 0 Å². The topological polar surface area (TPSA) is 40.5 Å². The van der Waals surface area contributed by atoms with Gasteiger partial charge in [-0.1, -0.05) is 13.8 Å². The molecule has 0 fully saturated rings. The van der Waals surface area contributed by atoms with Gasteiger partial charge in [0.05, 0.1) is 0 Å². The first kappa shape index (κ1) is 7.35. The van der Waals surface area contributed by atoms with E-state index in [2.05, 4.69) is 0 Å². The zero-order valence-electron chi connectivity index (χ0n) is 4.63. The van der Waals surface area contributed by atoms with Gasteiger partial charge in [0, 0.05) is 6.16 Å². The van der Waals surface area contributed by atoms with E-state index in [0.717, 1.165) is 0 Å². The van der Waals surface area contributed by atoms with E-state index in [0.29, 0.717) is 12.1 Å². The van der Waals surface area contributed by atoms with Gasteiger partial charge in [-0.25, -0.2) is 0 Å². The second-order valence-electron chi connectivity index (χ2n) is 1.95. The minimum absolute atomic E-state index is 0.404. The minimum atomic E-state index is -1.64. The van der Waals surface area contributed by atoms with Gasteiger partial charge in [0.1, 0.15) is 0 Å². The van der Waals surface area contributed by atoms with E-state index in [1.54, 1.807) is 0 Å². The van der Waals surface area contributed by atoms with Crippen LogP contribution in [0.3, 0.4) is 0 Å². The summed E-state index contributed by atoms with van der Waals surface area (Å²) in [6.07, 6.45) is 0.537. The Kier molecular flexibility index (Phi) is 3.53. The van der Waals surface area contributed by atoms with Crippen LogP contribution in [-0.2, 0) is 0 Å². The molecule has 0 bridgehead atoms. The molecule has 0 spiro atoms. The highest BCUT2D eigenvalue weighted by Crippen LogP contribution is 2.25. The average molecular weight is 122 g/mol. The predicted octanol–water partition coefficient (Wildman–Crippen LogP) is 0.939. The summed E-state index contributed by atoms with van der Waals surface area (Å²) in [5, 5.41) is 0. The molecule has 0 aliphatic carbocycles. The summed E-state index contributed by atoms with van der Waals surface area (Å²) in [6, 6.07) is 0. The quantitative estimate of drug-likeness (QED) is 0.535. The molecular formula is C4H11O2P. The minimum Gasteiger partial charge on any atom is -0.350 e. The van der Waals surface area contributed by atoms with Crippen molar-refractivity contribution in [3.63, 3.8) is 0 Å². The van der Waals surface area contributed by atoms with Crippen LogP contribution in [0.5, 0.6) is 0 Å². The monoisotopic (exact) mass is 122 g/mol. The van der Waals surface area contributed by atoms with E-state index in [1.807, 2.05) is 13.8 Å². The summed E-state index contributed by atoms with van der Waals surface area (Å²) in [6.45, 7) is 3.92. The molecule has 7 heavy (non-hydrogen) atoms. The highest BCUT2D eigenvalue weighted by atomic mass is 31.2. The zero-order valence-corrected chi connectivity index (χ0v) is 5.52. The molecule has 0 aliphatic heterocycles. The van der Waals surface area contributed by atoms with E-state index < -0.39 is 8.38 Å². The second kappa shape index (κ2) is 3.36. The fourth-order valence-electron chi connectivity index (χ4n) is 0.327. The van der Waals surface area contributed by atoms with Crippen molar-refractivity contribution in [2.75, 3.05) is 6.16 Å². The van der Waals surface area contributed by atoms with Gasteiger partial charge in [0.25, 0.3) is 0 Å². The average Bonchev–Trinajstić information content (AvgIpc) is 1.27. The third kappa shape index (κ3) is 6.35. The molecule has 0 unspecified atom stereocenters. The molecule has 0 aromatic heterocycles. The van der Waals surface area contributed by atoms with Crippen molar-refractivity contribution in [3.05, 3.63) is 0 Å². The maximum Gasteiger partial charge on any atom is 0.165 e. The van der Waals surface area contributed by atoms with Crippen LogP contribution >= 0.6 is 8.38 Å². The smallest absolute Gasteiger partial charge is 0.165 e. The Morgan fingerprint density at radius 2 is 1.86 bits per heavy atom. The van der Waals surface area contributed by atoms with Crippen LogP contribution < -0.4 is 0 Å². The molecule has 3 heteroatoms. The Morgan fingerprint density at radius 3 is 1.86 bits per heavy atom. The lowest BCUT2D eigenvalue weighted by molar-refractivity contribution is 0.472. The van der Waals surface area contributed by atoms with Gasteiger partial charge < -0.3 is 9.79 Å². The zero-order chi connectivity index (χ0) is 5.86. The summed E-state index contributed by atoms with van der Waals surface area (Å²) < 4.78 is 0. The van der Waals surface area contributed by atoms with Crippen molar-refractivity contribution in [3.8, 4) is 0 Å². The van der Waals surface area contributed by atoms with Gasteiger partial charge in [-0.05, 0) is 5.92 Å². The largest absolute Gasteiger partial charge is 0.350 e. The number of hydrogen-bond acceptors (Lipinski definition) is 2. The maximum atomic E-state index is 8.34. The molecule has 44 valence electrons. The third-order valence-corrected chi connectivity index (χ3v) is 1.59. The molecule has 0 saturated carbocycles. The van der Waals surface area contributed by atoms with Crippen LogP contribution in [0.15, 0.2) is 0 Å². The summed E-state index contributed by atoms with van der Waals surface area (Å²) >= 11 is 0. The number of rotatable bonds is 2. The molecule has 0 radical (unpaired) electrons. The molecule has 2 N–H and O–H groups in total. The van der Waals surface area contributed by atoms with E-state index in [4.69, 9.17) is 9.79 Å². The van der Waals surface area contributed by atoms with E-state index >= 15 is 0 Å². The van der Waals surface area contributed by atoms with E-state index in [1.165, 1.54) is 0 Å². The van der Waals surface area contributed by atoms with Crippen LogP contribution in [0, 0.1) is 5.92 Å². The van der Waals surface area contributed by atoms with Gasteiger partial charge in [-0.2, -0.15) is 0 Å². The SMILES string of the molecule is CC(C)CP(O)O. The molecule has 0 aromatic rings. The molecule has 0 atom stereocenters. The summed E-state index contributed by atoms with van der Waals surface area (Å²) in [7, 11) is -1.64. The Bertz CT molecular complexity index is 39.0. The van der Waals surface area contributed by atoms with Crippen molar-refractivity contribution in [1.82, 2.24) is 0 Å². The molecular weight excluding hydrogens is 111 g/mol. The number of hydrogen-bond donors (Lipinski definition) is 2. The third-order valence-electron chi connectivity index (χ3n) is 0.528. The Hall–Kier alpha value is 0.350. The fraction of sp³-hybridized carbons (Fsp3) is 1.00. The molecule has 2 nitrogen and oxygen atoms in total. The van der Waals surface area contributed by atoms with Crippen LogP contribution in [0.4, 0.5) is 0 Å². The van der Waals surface area contributed by atoms with E-state index in [-0.39, 0.29) is 0 Å². The highest BCUT2D eigenvalue weighted by molar-refractivity contribution is 7.45. The first-order chi connectivity index (χ1) is 3.13. The fourth-order valence-corrected chi connectivity index (χ4v) is 0.980. The molecule has 0 amide bonds. The van der Waals surface area contributed by atoms with Gasteiger partial charge in [0.15, 0.2) is 8.38 Å². The molecule has 0 rings (SSSR count). The van der Waals surface area contributed by atoms with Crippen molar-refractivity contribution in [2.24, 2.45) is 5.92 Å². The molecule has 0 aromatic carbocycles. The van der Waals surface area contributed by atoms with Crippen molar-refractivity contribution in [1.29, 1.82) is 0 Å². The lowest BCUT2D eigenvalue weighted by atomic mass is 10.3. The Labute approximate surface area is 45.1 Å². The Balaban J connectivity index is 2.95. The summed E-state index contributed by atoms with van der Waals surface area (Å²) in [5.74, 6) is 0.404. The first-order valence-electron chi connectivity index (χ1n) is 2.28. The molecule has 0 heterocycles. The lowest BCUT2D eigenvalue weighted by Gasteiger charge is -2.02.